The first-order valence-electron chi connectivity index (χ1n) is 10.3. The molecule has 32 heavy (non-hydrogen) atoms. The van der Waals surface area contributed by atoms with Crippen LogP contribution >= 0.6 is 0 Å². The smallest absolute Gasteiger partial charge is 0.337 e. The van der Waals surface area contributed by atoms with Gasteiger partial charge in [-0.15, -0.1) is 0 Å². The van der Waals surface area contributed by atoms with Crippen molar-refractivity contribution in [2.24, 2.45) is 0 Å². The zero-order valence-corrected chi connectivity index (χ0v) is 17.1. The molecule has 0 aliphatic carbocycles. The van der Waals surface area contributed by atoms with E-state index in [4.69, 9.17) is 4.74 Å². The van der Waals surface area contributed by atoms with Crippen molar-refractivity contribution in [1.82, 2.24) is 18.7 Å². The molecule has 0 saturated carbocycles. The van der Waals surface area contributed by atoms with E-state index in [0.29, 0.717) is 17.9 Å². The highest BCUT2D eigenvalue weighted by Gasteiger charge is 2.23. The fourth-order valence-corrected chi connectivity index (χ4v) is 4.11. The summed E-state index contributed by atoms with van der Waals surface area (Å²) in [7, 11) is 0. The maximum atomic E-state index is 13.7. The third kappa shape index (κ3) is 3.64. The van der Waals surface area contributed by atoms with E-state index in [1.54, 1.807) is 16.7 Å². The van der Waals surface area contributed by atoms with Gasteiger partial charge < -0.3 is 9.30 Å². The number of halogens is 2. The van der Waals surface area contributed by atoms with E-state index in [1.807, 2.05) is 0 Å². The van der Waals surface area contributed by atoms with Gasteiger partial charge in [0.2, 0.25) is 0 Å². The van der Waals surface area contributed by atoms with Crippen molar-refractivity contribution >= 4 is 11.2 Å². The van der Waals surface area contributed by atoms with Crippen LogP contribution in [0.1, 0.15) is 18.4 Å². The van der Waals surface area contributed by atoms with Crippen molar-refractivity contribution in [2.45, 2.75) is 32.0 Å². The molecule has 2 aromatic carbocycles. The van der Waals surface area contributed by atoms with Gasteiger partial charge in [-0.25, -0.2) is 23.1 Å². The summed E-state index contributed by atoms with van der Waals surface area (Å²) in [4.78, 5) is 31.1. The number of rotatable bonds is 5. The van der Waals surface area contributed by atoms with Crippen LogP contribution in [-0.4, -0.2) is 31.4 Å². The number of imidazole rings is 1. The maximum Gasteiger partial charge on any atom is 0.337 e. The Bertz CT molecular complexity index is 1400. The number of hydrogen-bond acceptors (Lipinski definition) is 4. The number of hydrogen-bond donors (Lipinski definition) is 0. The first kappa shape index (κ1) is 20.3. The van der Waals surface area contributed by atoms with Gasteiger partial charge in [0.25, 0.3) is 5.56 Å². The first-order valence-corrected chi connectivity index (χ1v) is 10.3. The fourth-order valence-electron chi connectivity index (χ4n) is 4.11. The summed E-state index contributed by atoms with van der Waals surface area (Å²) in [6, 6.07) is 11.5. The molecule has 1 saturated heterocycles. The van der Waals surface area contributed by atoms with E-state index >= 15 is 0 Å². The van der Waals surface area contributed by atoms with Crippen LogP contribution in [0.3, 0.4) is 0 Å². The molecule has 5 rings (SSSR count). The molecule has 1 atom stereocenters. The highest BCUT2D eigenvalue weighted by molar-refractivity contribution is 5.72. The first-order chi connectivity index (χ1) is 15.5. The Labute approximate surface area is 181 Å². The minimum Gasteiger partial charge on any atom is -0.376 e. The van der Waals surface area contributed by atoms with Gasteiger partial charge in [0.15, 0.2) is 11.2 Å². The molecule has 0 bridgehead atoms. The lowest BCUT2D eigenvalue weighted by Gasteiger charge is -2.15. The summed E-state index contributed by atoms with van der Waals surface area (Å²) in [6.45, 7) is 0.899. The maximum absolute atomic E-state index is 13.7. The highest BCUT2D eigenvalue weighted by atomic mass is 19.1. The summed E-state index contributed by atoms with van der Waals surface area (Å²) in [5.41, 5.74) is 0.337. The monoisotopic (exact) mass is 438 g/mol. The topological polar surface area (TPSA) is 71.0 Å². The van der Waals surface area contributed by atoms with Crippen LogP contribution < -0.4 is 11.2 Å². The summed E-state index contributed by atoms with van der Waals surface area (Å²) in [6.07, 6.45) is 2.83. The predicted molar refractivity (Wildman–Crippen MR) is 114 cm³/mol. The molecule has 0 unspecified atom stereocenters. The lowest BCUT2D eigenvalue weighted by Crippen LogP contribution is -2.42. The number of aromatic nitrogens is 4. The third-order valence-electron chi connectivity index (χ3n) is 5.64. The van der Waals surface area contributed by atoms with Gasteiger partial charge in [0.05, 0.1) is 24.7 Å². The summed E-state index contributed by atoms with van der Waals surface area (Å²) in [5.74, 6) is -0.826. The lowest BCUT2D eigenvalue weighted by molar-refractivity contribution is 0.0950. The van der Waals surface area contributed by atoms with Gasteiger partial charge in [0.1, 0.15) is 11.6 Å². The van der Waals surface area contributed by atoms with Gasteiger partial charge in [-0.05, 0) is 54.8 Å². The van der Waals surface area contributed by atoms with Gasteiger partial charge >= 0.3 is 5.69 Å². The van der Waals surface area contributed by atoms with Crippen LogP contribution in [0.5, 0.6) is 0 Å². The average Bonchev–Trinajstić information content (AvgIpc) is 3.43. The molecule has 0 amide bonds. The Morgan fingerprint density at radius 2 is 1.88 bits per heavy atom. The van der Waals surface area contributed by atoms with E-state index in [2.05, 4.69) is 4.98 Å². The Kier molecular flexibility index (Phi) is 5.18. The fraction of sp³-hybridized carbons (Fsp3) is 0.261. The Hall–Kier alpha value is -3.59. The molecule has 0 spiro atoms. The minimum absolute atomic E-state index is 0.111. The van der Waals surface area contributed by atoms with Gasteiger partial charge in [-0.2, -0.15) is 0 Å². The molecule has 164 valence electrons. The standard InChI is InChI=1S/C23H20F2N4O3/c24-16-6-8-18(9-7-16)29-21-20(22(30)28(23(29)31)13-19-5-2-10-32-19)27(14-26-21)12-15-3-1-4-17(25)11-15/h1,3-4,6-9,11,14,19H,2,5,10,12-13H2/t19-/m0/s1. The van der Waals surface area contributed by atoms with Crippen molar-refractivity contribution < 1.29 is 13.5 Å². The molecule has 9 heteroatoms. The number of ether oxygens (including phenoxy) is 1. The second kappa shape index (κ2) is 8.16. The van der Waals surface area contributed by atoms with E-state index < -0.39 is 17.1 Å². The van der Waals surface area contributed by atoms with E-state index in [-0.39, 0.29) is 36.2 Å². The van der Waals surface area contributed by atoms with Crippen LogP contribution in [0.25, 0.3) is 16.9 Å². The van der Waals surface area contributed by atoms with Gasteiger partial charge in [-0.3, -0.25) is 9.36 Å². The van der Waals surface area contributed by atoms with Crippen LogP contribution in [0, 0.1) is 11.6 Å². The average molecular weight is 438 g/mol. The van der Waals surface area contributed by atoms with Crippen LogP contribution in [0.15, 0.2) is 64.4 Å². The molecule has 7 nitrogen and oxygen atoms in total. The van der Waals surface area contributed by atoms with Crippen molar-refractivity contribution in [3.8, 4) is 5.69 Å². The molecule has 2 aromatic heterocycles. The molecule has 1 aliphatic rings. The highest BCUT2D eigenvalue weighted by Crippen LogP contribution is 2.17. The normalized spacial score (nSPS) is 16.1. The molecule has 0 N–H and O–H groups in total. The number of fused-ring (bicyclic) bond motifs is 1. The summed E-state index contributed by atoms with van der Waals surface area (Å²) >= 11 is 0. The Balaban J connectivity index is 1.72. The predicted octanol–water partition coefficient (Wildman–Crippen LogP) is 2.85. The molecule has 1 aliphatic heterocycles. The lowest BCUT2D eigenvalue weighted by atomic mass is 10.2. The number of benzene rings is 2. The summed E-state index contributed by atoms with van der Waals surface area (Å²) in [5, 5.41) is 0. The van der Waals surface area contributed by atoms with Crippen LogP contribution in [-0.2, 0) is 17.8 Å². The third-order valence-corrected chi connectivity index (χ3v) is 5.64. The zero-order valence-electron chi connectivity index (χ0n) is 17.1. The molecular formula is C23H20F2N4O3. The van der Waals surface area contributed by atoms with Crippen molar-refractivity contribution in [3.63, 3.8) is 0 Å². The molecular weight excluding hydrogens is 418 g/mol. The summed E-state index contributed by atoms with van der Waals surface area (Å²) < 4.78 is 36.8. The number of nitrogens with zero attached hydrogens (tertiary/aromatic N) is 4. The Morgan fingerprint density at radius 3 is 2.59 bits per heavy atom. The minimum atomic E-state index is -0.569. The zero-order chi connectivity index (χ0) is 22.2. The van der Waals surface area contributed by atoms with Crippen LogP contribution in [0.2, 0.25) is 0 Å². The molecule has 4 aromatic rings. The van der Waals surface area contributed by atoms with Crippen molar-refractivity contribution in [2.75, 3.05) is 6.61 Å². The van der Waals surface area contributed by atoms with Crippen LogP contribution in [0.4, 0.5) is 8.78 Å². The van der Waals surface area contributed by atoms with E-state index in [1.165, 1.54) is 47.3 Å². The SMILES string of the molecule is O=c1c2c(ncn2Cc2cccc(F)c2)n(-c2ccc(F)cc2)c(=O)n1C[C@@H]1CCCO1. The van der Waals surface area contributed by atoms with Gasteiger partial charge in [0, 0.05) is 13.2 Å². The second-order valence-electron chi connectivity index (χ2n) is 7.82. The van der Waals surface area contributed by atoms with E-state index in [0.717, 1.165) is 17.4 Å². The van der Waals surface area contributed by atoms with Gasteiger partial charge in [-0.1, -0.05) is 12.1 Å². The Morgan fingerprint density at radius 1 is 1.06 bits per heavy atom. The molecule has 1 fully saturated rings. The largest absolute Gasteiger partial charge is 0.376 e. The quantitative estimate of drug-likeness (QED) is 0.481. The van der Waals surface area contributed by atoms with E-state index in [9.17, 15) is 18.4 Å². The molecule has 0 radical (unpaired) electrons. The van der Waals surface area contributed by atoms with Crippen molar-refractivity contribution in [1.29, 1.82) is 0 Å². The van der Waals surface area contributed by atoms with Crippen molar-refractivity contribution in [3.05, 3.63) is 92.9 Å². The molecule has 3 heterocycles. The second-order valence-corrected chi connectivity index (χ2v) is 7.82.